The van der Waals surface area contributed by atoms with E-state index in [4.69, 9.17) is 23.8 Å². The molecular weight excluding hydrogens is 481 g/mol. The molecule has 0 aliphatic carbocycles. The molecule has 1 saturated heterocycles. The Kier molecular flexibility index (Phi) is 6.07. The van der Waals surface area contributed by atoms with E-state index >= 15 is 0 Å². The molecule has 2 amide bonds. The van der Waals surface area contributed by atoms with Crippen molar-refractivity contribution in [1.82, 2.24) is 9.88 Å². The minimum Gasteiger partial charge on any atom is -0.478 e. The number of anilines is 1. The number of aryl methyl sites for hydroxylation is 1. The van der Waals surface area contributed by atoms with Gasteiger partial charge < -0.3 is 9.67 Å². The summed E-state index contributed by atoms with van der Waals surface area (Å²) in [7, 11) is 0. The quantitative estimate of drug-likeness (QED) is 0.316. The van der Waals surface area contributed by atoms with Crippen LogP contribution in [0.25, 0.3) is 11.8 Å². The number of benzene rings is 2. The normalized spacial score (nSPS) is 15.1. The van der Waals surface area contributed by atoms with Gasteiger partial charge in [-0.3, -0.25) is 14.9 Å². The number of carboxylic acid groups (broad SMARTS) is 1. The van der Waals surface area contributed by atoms with Crippen molar-refractivity contribution in [2.24, 2.45) is 0 Å². The molecule has 0 spiro atoms. The van der Waals surface area contributed by atoms with E-state index in [0.29, 0.717) is 16.9 Å². The third-order valence-corrected chi connectivity index (χ3v) is 6.00. The highest BCUT2D eigenvalue weighted by molar-refractivity contribution is 7.80. The molecule has 172 valence electrons. The minimum absolute atomic E-state index is 0.0242. The number of aromatic nitrogens is 1. The van der Waals surface area contributed by atoms with Crippen LogP contribution in [0.5, 0.6) is 0 Å². The summed E-state index contributed by atoms with van der Waals surface area (Å²) in [5, 5.41) is 11.5. The lowest BCUT2D eigenvalue weighted by Gasteiger charge is -2.29. The van der Waals surface area contributed by atoms with Crippen LogP contribution < -0.4 is 10.2 Å². The number of hydrogen-bond acceptors (Lipinski definition) is 4. The SMILES string of the molecule is Cc1cc(C=C2C(=O)NC(=S)N(c3ccccc3F)C2=O)c(C)n1-c1ccc(C(=O)O)c(Cl)c1. The van der Waals surface area contributed by atoms with E-state index < -0.39 is 23.6 Å². The lowest BCUT2D eigenvalue weighted by Crippen LogP contribution is -2.54. The highest BCUT2D eigenvalue weighted by Crippen LogP contribution is 2.28. The number of nitrogens with one attached hydrogen (secondary N) is 1. The number of carbonyl (C=O) groups is 3. The van der Waals surface area contributed by atoms with Gasteiger partial charge in [0.05, 0.1) is 16.3 Å². The molecule has 0 atom stereocenters. The summed E-state index contributed by atoms with van der Waals surface area (Å²) >= 11 is 11.2. The number of carbonyl (C=O) groups excluding carboxylic acids is 2. The zero-order valence-electron chi connectivity index (χ0n) is 17.9. The third-order valence-electron chi connectivity index (χ3n) is 5.41. The standard InChI is InChI=1S/C24H17ClFN3O4S/c1-12-9-14(13(2)28(12)15-7-8-16(23(32)33)18(25)11-15)10-17-21(30)27-24(34)29(22(17)31)20-6-4-3-5-19(20)26/h3-11H,1-2H3,(H,32,33)(H,27,30,34). The van der Waals surface area contributed by atoms with Crippen molar-refractivity contribution < 1.29 is 23.9 Å². The van der Waals surface area contributed by atoms with Crippen LogP contribution in [0.1, 0.15) is 27.3 Å². The Morgan fingerprint density at radius 1 is 1.15 bits per heavy atom. The molecule has 4 rings (SSSR count). The van der Waals surface area contributed by atoms with Crippen LogP contribution in [-0.2, 0) is 9.59 Å². The Bertz CT molecular complexity index is 1430. The molecule has 0 bridgehead atoms. The molecule has 1 aliphatic heterocycles. The highest BCUT2D eigenvalue weighted by atomic mass is 35.5. The van der Waals surface area contributed by atoms with E-state index in [1.165, 1.54) is 36.4 Å². The number of thiocarbonyl (C=S) groups is 1. The Hall–Kier alpha value is -3.82. The second-order valence-corrected chi connectivity index (χ2v) is 8.33. The predicted molar refractivity (Wildman–Crippen MR) is 130 cm³/mol. The number of hydrogen-bond donors (Lipinski definition) is 2. The zero-order valence-corrected chi connectivity index (χ0v) is 19.5. The van der Waals surface area contributed by atoms with E-state index in [-0.39, 0.29) is 27.0 Å². The molecule has 0 saturated carbocycles. The van der Waals surface area contributed by atoms with E-state index in [0.717, 1.165) is 10.6 Å². The van der Waals surface area contributed by atoms with Crippen molar-refractivity contribution in [3.05, 3.63) is 87.5 Å². The fourth-order valence-electron chi connectivity index (χ4n) is 3.81. The second-order valence-electron chi connectivity index (χ2n) is 7.54. The van der Waals surface area contributed by atoms with Gasteiger partial charge in [0, 0.05) is 17.1 Å². The van der Waals surface area contributed by atoms with Gasteiger partial charge in [-0.25, -0.2) is 14.1 Å². The lowest BCUT2D eigenvalue weighted by molar-refractivity contribution is -0.122. The number of para-hydroxylation sites is 1. The van der Waals surface area contributed by atoms with Gasteiger partial charge >= 0.3 is 5.97 Å². The Balaban J connectivity index is 1.77. The van der Waals surface area contributed by atoms with Gasteiger partial charge in [0.1, 0.15) is 11.4 Å². The predicted octanol–water partition coefficient (Wildman–Crippen LogP) is 4.42. The molecule has 2 heterocycles. The molecule has 2 aromatic carbocycles. The number of aromatic carboxylic acids is 1. The van der Waals surface area contributed by atoms with Crippen LogP contribution in [0, 0.1) is 19.7 Å². The molecule has 1 fully saturated rings. The van der Waals surface area contributed by atoms with Crippen molar-refractivity contribution in [3.63, 3.8) is 0 Å². The van der Waals surface area contributed by atoms with Gasteiger partial charge in [-0.2, -0.15) is 0 Å². The number of carboxylic acids is 1. The highest BCUT2D eigenvalue weighted by Gasteiger charge is 2.36. The minimum atomic E-state index is -1.14. The first-order valence-electron chi connectivity index (χ1n) is 9.98. The first kappa shape index (κ1) is 23.3. The smallest absolute Gasteiger partial charge is 0.337 e. The van der Waals surface area contributed by atoms with Gasteiger partial charge in [0.15, 0.2) is 5.11 Å². The average Bonchev–Trinajstić information content (AvgIpc) is 3.04. The first-order chi connectivity index (χ1) is 16.1. The van der Waals surface area contributed by atoms with Crippen molar-refractivity contribution >= 4 is 58.5 Å². The van der Waals surface area contributed by atoms with Crippen LogP contribution in [0.4, 0.5) is 10.1 Å². The van der Waals surface area contributed by atoms with Crippen molar-refractivity contribution in [3.8, 4) is 5.69 Å². The van der Waals surface area contributed by atoms with Gasteiger partial charge in [0.25, 0.3) is 11.8 Å². The second kappa shape index (κ2) is 8.85. The molecule has 1 aliphatic rings. The molecule has 1 aromatic heterocycles. The number of nitrogens with zero attached hydrogens (tertiary/aromatic N) is 2. The van der Waals surface area contributed by atoms with Crippen molar-refractivity contribution in [2.45, 2.75) is 13.8 Å². The number of rotatable bonds is 4. The fraction of sp³-hybridized carbons (Fsp3) is 0.0833. The van der Waals surface area contributed by atoms with E-state index in [2.05, 4.69) is 5.32 Å². The maximum atomic E-state index is 14.4. The van der Waals surface area contributed by atoms with Crippen molar-refractivity contribution in [2.75, 3.05) is 4.90 Å². The Morgan fingerprint density at radius 2 is 1.85 bits per heavy atom. The molecule has 10 heteroatoms. The van der Waals surface area contributed by atoms with Gasteiger partial charge in [-0.05, 0) is 74.1 Å². The molecule has 0 radical (unpaired) electrons. The Labute approximate surface area is 204 Å². The Morgan fingerprint density at radius 3 is 2.50 bits per heavy atom. The third kappa shape index (κ3) is 4.00. The maximum Gasteiger partial charge on any atom is 0.337 e. The summed E-state index contributed by atoms with van der Waals surface area (Å²) in [6.45, 7) is 3.60. The molecular formula is C24H17ClFN3O4S. The maximum absolute atomic E-state index is 14.4. The summed E-state index contributed by atoms with van der Waals surface area (Å²) in [5.74, 6) is -3.24. The molecule has 7 nitrogen and oxygen atoms in total. The zero-order chi connectivity index (χ0) is 24.7. The van der Waals surface area contributed by atoms with Crippen LogP contribution in [0.3, 0.4) is 0 Å². The summed E-state index contributed by atoms with van der Waals surface area (Å²) in [4.78, 5) is 38.0. The number of halogens is 2. The summed E-state index contributed by atoms with van der Waals surface area (Å²) < 4.78 is 16.2. The molecule has 2 N–H and O–H groups in total. The molecule has 0 unspecified atom stereocenters. The summed E-state index contributed by atoms with van der Waals surface area (Å²) in [5.41, 5.74) is 2.31. The summed E-state index contributed by atoms with van der Waals surface area (Å²) in [6.07, 6.45) is 1.42. The van der Waals surface area contributed by atoms with Crippen molar-refractivity contribution in [1.29, 1.82) is 0 Å². The van der Waals surface area contributed by atoms with Crippen LogP contribution >= 0.6 is 23.8 Å². The van der Waals surface area contributed by atoms with E-state index in [1.807, 2.05) is 11.5 Å². The molecule has 34 heavy (non-hydrogen) atoms. The average molecular weight is 498 g/mol. The van der Waals surface area contributed by atoms with Gasteiger partial charge in [-0.1, -0.05) is 23.7 Å². The van der Waals surface area contributed by atoms with Crippen LogP contribution in [0.15, 0.2) is 54.1 Å². The van der Waals surface area contributed by atoms with E-state index in [1.54, 1.807) is 25.1 Å². The van der Waals surface area contributed by atoms with Crippen LogP contribution in [-0.4, -0.2) is 32.6 Å². The fourth-order valence-corrected chi connectivity index (χ4v) is 4.34. The van der Waals surface area contributed by atoms with Gasteiger partial charge in [0.2, 0.25) is 0 Å². The first-order valence-corrected chi connectivity index (χ1v) is 10.8. The number of amides is 2. The lowest BCUT2D eigenvalue weighted by atomic mass is 10.1. The van der Waals surface area contributed by atoms with Crippen LogP contribution in [0.2, 0.25) is 5.02 Å². The van der Waals surface area contributed by atoms with E-state index in [9.17, 15) is 23.9 Å². The van der Waals surface area contributed by atoms with Gasteiger partial charge in [-0.15, -0.1) is 0 Å². The monoisotopic (exact) mass is 497 g/mol. The molecule has 3 aromatic rings. The summed E-state index contributed by atoms with van der Waals surface area (Å²) in [6, 6.07) is 11.9. The largest absolute Gasteiger partial charge is 0.478 e. The topological polar surface area (TPSA) is 91.6 Å².